The van der Waals surface area contributed by atoms with Crippen LogP contribution in [0, 0.1) is 11.8 Å². The summed E-state index contributed by atoms with van der Waals surface area (Å²) in [5.74, 6) is 2.19. The molecule has 9 N–H and O–H groups in total. The van der Waals surface area contributed by atoms with Crippen molar-refractivity contribution in [1.29, 1.82) is 0 Å². The smallest absolute Gasteiger partial charge is 0.544 e. The van der Waals surface area contributed by atoms with Crippen LogP contribution in [0.3, 0.4) is 0 Å². The third-order valence-corrected chi connectivity index (χ3v) is 12.4. The minimum Gasteiger partial charge on any atom is -0.544 e. The number of rotatable bonds is 11. The van der Waals surface area contributed by atoms with Crippen molar-refractivity contribution in [3.05, 3.63) is 92.8 Å². The van der Waals surface area contributed by atoms with E-state index in [2.05, 4.69) is 59.8 Å². The second-order valence-corrected chi connectivity index (χ2v) is 16.7. The fraction of sp³-hybridized carbons (Fsp3) is 0.381. The summed E-state index contributed by atoms with van der Waals surface area (Å²) in [6.07, 6.45) is 8.05. The molecule has 0 bridgehead atoms. The first kappa shape index (κ1) is 46.2. The Balaban J connectivity index is 0.000000187. The summed E-state index contributed by atoms with van der Waals surface area (Å²) in [4.78, 5) is 45.5. The Morgan fingerprint density at radius 1 is 0.717 bits per heavy atom. The van der Waals surface area contributed by atoms with Crippen molar-refractivity contribution in [2.45, 2.75) is 38.8 Å². The Labute approximate surface area is 370 Å². The van der Waals surface area contributed by atoms with Gasteiger partial charge in [-0.25, -0.2) is 19.9 Å². The summed E-state index contributed by atoms with van der Waals surface area (Å²) in [6.45, 7) is 7.12. The van der Waals surface area contributed by atoms with Crippen molar-refractivity contribution in [2.75, 3.05) is 75.5 Å². The molecular weight excluding hydrogens is 792 g/mol. The first-order valence-electron chi connectivity index (χ1n) is 19.8. The van der Waals surface area contributed by atoms with Crippen LogP contribution in [0.1, 0.15) is 56.2 Å². The number of carboxylic acids is 1. The minimum atomic E-state index is -1.15. The van der Waals surface area contributed by atoms with Crippen LogP contribution in [0.4, 0.5) is 23.3 Å². The van der Waals surface area contributed by atoms with Gasteiger partial charge in [-0.3, -0.25) is 4.79 Å². The van der Waals surface area contributed by atoms with Crippen molar-refractivity contribution in [3.63, 3.8) is 0 Å². The zero-order valence-corrected chi connectivity index (χ0v) is 36.2. The molecule has 0 aliphatic carbocycles. The molecule has 1 amide bonds. The Bertz CT molecular complexity index is 2310. The van der Waals surface area contributed by atoms with Crippen molar-refractivity contribution in [2.24, 2.45) is 17.6 Å². The number of likely N-dealkylation sites (tertiary alicyclic amines) is 2. The molecule has 2 aliphatic heterocycles. The molecule has 2 saturated heterocycles. The fourth-order valence-corrected chi connectivity index (χ4v) is 8.34. The number of hydrogen-bond donors (Lipinski definition) is 6. The number of fused-ring (bicyclic) bond motifs is 2. The van der Waals surface area contributed by atoms with E-state index in [0.29, 0.717) is 53.1 Å². The molecule has 2 aromatic carbocycles. The van der Waals surface area contributed by atoms with Gasteiger partial charge in [-0.15, -0.1) is 22.7 Å². The molecule has 4 aromatic heterocycles. The summed E-state index contributed by atoms with van der Waals surface area (Å²) < 4.78 is 0. The second-order valence-electron chi connectivity index (χ2n) is 15.0. The predicted molar refractivity (Wildman–Crippen MR) is 237 cm³/mol. The van der Waals surface area contributed by atoms with Gasteiger partial charge in [0.25, 0.3) is 5.91 Å². The number of carboxylic acid groups (broad SMARTS) is 1. The number of aromatic nitrogens is 4. The standard InChI is InChI=1S/C21H26N6OS.C11H17N3O2S.C10H11N3.Li/c1-27-8-5-14(6-9-27)11-24-20-18(29-13-26-20)21(28)25-12-15-2-3-17-16(10-15)4-7-23-19(17)22;1-14-4-2-8(3-5-14)6-12-10-9(11(15)16)17-7-13-10;11-6-7-1-2-9-8(5-7)3-4-13-10(9)12;/h2-4,7,10,13-14,24H,5-6,8-9,11-12H2,1H3,(H2,22,23)(H,25,28);7-8,12H,2-6H2,1H3,(H,15,16);1-5H,6,11H2,(H2,12,13);/q;;;+1/p-1. The van der Waals surface area contributed by atoms with Crippen molar-refractivity contribution < 1.29 is 33.6 Å². The van der Waals surface area contributed by atoms with Crippen LogP contribution in [0.25, 0.3) is 21.5 Å². The van der Waals surface area contributed by atoms with Crippen molar-refractivity contribution in [1.82, 2.24) is 35.1 Å². The molecule has 2 aliphatic rings. The zero-order chi connectivity index (χ0) is 41.7. The normalized spacial score (nSPS) is 14.9. The number of carbonyl (C=O) groups excluding carboxylic acids is 2. The average Bonchev–Trinajstić information content (AvgIpc) is 3.93. The predicted octanol–water partition coefficient (Wildman–Crippen LogP) is 1.50. The van der Waals surface area contributed by atoms with E-state index >= 15 is 0 Å². The molecule has 6 heterocycles. The summed E-state index contributed by atoms with van der Waals surface area (Å²) in [5, 5.41) is 24.3. The van der Waals surface area contributed by atoms with Gasteiger partial charge in [0.2, 0.25) is 0 Å². The van der Waals surface area contributed by atoms with Gasteiger partial charge in [0, 0.05) is 49.3 Å². The van der Waals surface area contributed by atoms with Gasteiger partial charge in [-0.1, -0.05) is 24.3 Å². The number of hydrogen-bond acceptors (Lipinski definition) is 16. The molecule has 18 heteroatoms. The van der Waals surface area contributed by atoms with E-state index < -0.39 is 5.97 Å². The SMILES string of the molecule is CN1CCC(CNc2ncsc2C(=O)NCc2ccc3c(N)nccc3c2)CC1.CN1CCC(CNc2ncsc2C(=O)[O-])CC1.NCc1ccc2c(N)nccc2c1.[Li+]. The van der Waals surface area contributed by atoms with E-state index in [0.717, 1.165) is 96.1 Å². The van der Waals surface area contributed by atoms with Crippen molar-refractivity contribution >= 4 is 79.4 Å². The summed E-state index contributed by atoms with van der Waals surface area (Å²) >= 11 is 2.47. The van der Waals surface area contributed by atoms with E-state index in [1.54, 1.807) is 17.9 Å². The number of thiazole rings is 2. The molecule has 312 valence electrons. The van der Waals surface area contributed by atoms with Crippen molar-refractivity contribution in [3.8, 4) is 0 Å². The Morgan fingerprint density at radius 3 is 1.68 bits per heavy atom. The molecule has 0 unspecified atom stereocenters. The van der Waals surface area contributed by atoms with Gasteiger partial charge in [-0.05, 0) is 124 Å². The number of carbonyl (C=O) groups is 2. The molecule has 2 fully saturated rings. The molecule has 0 saturated carbocycles. The van der Waals surface area contributed by atoms with Gasteiger partial charge in [0.15, 0.2) is 0 Å². The first-order valence-corrected chi connectivity index (χ1v) is 21.5. The minimum absolute atomic E-state index is 0. The average molecular weight is 845 g/mol. The molecule has 60 heavy (non-hydrogen) atoms. The maximum Gasteiger partial charge on any atom is 1.00 e. The molecule has 0 radical (unpaired) electrons. The summed E-state index contributed by atoms with van der Waals surface area (Å²) in [7, 11) is 4.28. The van der Waals surface area contributed by atoms with Crippen LogP contribution in [0.5, 0.6) is 0 Å². The van der Waals surface area contributed by atoms with E-state index in [9.17, 15) is 14.7 Å². The van der Waals surface area contributed by atoms with Crippen LogP contribution < -0.4 is 57.1 Å². The van der Waals surface area contributed by atoms with Crippen LogP contribution in [-0.4, -0.2) is 95.0 Å². The number of amides is 1. The van der Waals surface area contributed by atoms with Gasteiger partial charge < -0.3 is 52.9 Å². The largest absolute Gasteiger partial charge is 1.00 e. The molecule has 15 nitrogen and oxygen atoms in total. The summed E-state index contributed by atoms with van der Waals surface area (Å²) in [5.41, 5.74) is 22.5. The number of piperidine rings is 2. The van der Waals surface area contributed by atoms with Crippen LogP contribution in [0.2, 0.25) is 0 Å². The third-order valence-electron chi connectivity index (χ3n) is 10.7. The van der Waals surface area contributed by atoms with Crippen LogP contribution in [0.15, 0.2) is 71.9 Å². The third kappa shape index (κ3) is 12.8. The first-order chi connectivity index (χ1) is 28.6. The number of nitrogens with one attached hydrogen (secondary N) is 3. The van der Waals surface area contributed by atoms with Crippen LogP contribution in [-0.2, 0) is 13.1 Å². The van der Waals surface area contributed by atoms with Crippen LogP contribution >= 0.6 is 22.7 Å². The molecule has 0 spiro atoms. The van der Waals surface area contributed by atoms with E-state index in [-0.39, 0.29) is 29.6 Å². The molecule has 6 aromatic rings. The van der Waals surface area contributed by atoms with E-state index in [1.165, 1.54) is 29.7 Å². The number of pyridine rings is 2. The topological polar surface area (TPSA) is 229 Å². The molecule has 0 atom stereocenters. The monoisotopic (exact) mass is 844 g/mol. The van der Waals surface area contributed by atoms with E-state index in [4.69, 9.17) is 17.2 Å². The molecular formula is C42H53LiN12O3S2. The maximum atomic E-state index is 12.7. The van der Waals surface area contributed by atoms with Gasteiger partial charge >= 0.3 is 18.9 Å². The number of nitrogens with two attached hydrogens (primary N) is 3. The number of benzene rings is 2. The fourth-order valence-electron chi connectivity index (χ4n) is 7.07. The number of anilines is 4. The summed E-state index contributed by atoms with van der Waals surface area (Å²) in [6, 6.07) is 15.8. The van der Waals surface area contributed by atoms with E-state index in [1.807, 2.05) is 48.5 Å². The Kier molecular flexibility index (Phi) is 17.4. The zero-order valence-electron chi connectivity index (χ0n) is 34.5. The number of nitrogens with zero attached hydrogens (tertiary/aromatic N) is 6. The van der Waals surface area contributed by atoms with Gasteiger partial charge in [-0.2, -0.15) is 0 Å². The van der Waals surface area contributed by atoms with Gasteiger partial charge in [0.05, 0.1) is 21.9 Å². The number of nitrogen functional groups attached to an aromatic ring is 2. The molecule has 8 rings (SSSR count). The quantitative estimate of drug-likeness (QED) is 0.102. The maximum absolute atomic E-state index is 12.7. The number of aromatic carboxylic acids is 1. The second kappa shape index (κ2) is 22.7. The Morgan fingerprint density at radius 2 is 1.18 bits per heavy atom. The van der Waals surface area contributed by atoms with Gasteiger partial charge in [0.1, 0.15) is 28.1 Å². The Hall–Kier alpha value is -4.86.